The van der Waals surface area contributed by atoms with Crippen LogP contribution in [0.1, 0.15) is 24.4 Å². The Balaban J connectivity index is 1.33. The van der Waals surface area contributed by atoms with Crippen LogP contribution in [0.5, 0.6) is 5.75 Å². The van der Waals surface area contributed by atoms with Crippen LogP contribution >= 0.6 is 0 Å². The maximum atomic E-state index is 13.9. The normalized spacial score (nSPS) is 26.4. The molecule has 1 aliphatic carbocycles. The number of nitrogens with zero attached hydrogens (tertiary/aromatic N) is 3. The Hall–Kier alpha value is -2.41. The summed E-state index contributed by atoms with van der Waals surface area (Å²) in [5.41, 5.74) is 0.892. The molecule has 0 unspecified atom stereocenters. The van der Waals surface area contributed by atoms with E-state index in [4.69, 9.17) is 4.74 Å². The van der Waals surface area contributed by atoms with Gasteiger partial charge in [-0.3, -0.25) is 14.4 Å². The molecular formula is C21H25FN4O2. The number of rotatable bonds is 6. The van der Waals surface area contributed by atoms with Gasteiger partial charge in [-0.1, -0.05) is 0 Å². The highest BCUT2D eigenvalue weighted by Crippen LogP contribution is 2.49. The fraction of sp³-hybridized carbons (Fsp3) is 0.524. The zero-order valence-electron chi connectivity index (χ0n) is 15.8. The zero-order valence-corrected chi connectivity index (χ0v) is 15.8. The van der Waals surface area contributed by atoms with Gasteiger partial charge in [0.15, 0.2) is 0 Å². The molecule has 2 aromatic rings. The van der Waals surface area contributed by atoms with Crippen molar-refractivity contribution in [3.63, 3.8) is 0 Å². The number of amides is 1. The lowest BCUT2D eigenvalue weighted by Gasteiger charge is -2.34. The zero-order chi connectivity index (χ0) is 19.1. The van der Waals surface area contributed by atoms with Crippen molar-refractivity contribution in [3.05, 3.63) is 48.0 Å². The highest BCUT2D eigenvalue weighted by Gasteiger charge is 2.49. The molecule has 148 valence electrons. The summed E-state index contributed by atoms with van der Waals surface area (Å²) in [7, 11) is 0. The van der Waals surface area contributed by atoms with Crippen LogP contribution in [0.2, 0.25) is 0 Å². The molecule has 3 heterocycles. The molecule has 2 aliphatic heterocycles. The number of benzene rings is 1. The maximum absolute atomic E-state index is 13.9. The summed E-state index contributed by atoms with van der Waals surface area (Å²) in [5, 5.41) is 7.23. The highest BCUT2D eigenvalue weighted by atomic mass is 19.1. The molecular weight excluding hydrogens is 359 g/mol. The lowest BCUT2D eigenvalue weighted by Crippen LogP contribution is -2.39. The quantitative estimate of drug-likeness (QED) is 0.830. The van der Waals surface area contributed by atoms with E-state index in [1.54, 1.807) is 23.0 Å². The minimum atomic E-state index is -0.249. The van der Waals surface area contributed by atoms with Crippen LogP contribution in [0.3, 0.4) is 0 Å². The molecule has 0 bridgehead atoms. The predicted molar refractivity (Wildman–Crippen MR) is 101 cm³/mol. The van der Waals surface area contributed by atoms with Gasteiger partial charge >= 0.3 is 0 Å². The number of nitrogens with one attached hydrogen (secondary N) is 1. The lowest BCUT2D eigenvalue weighted by atomic mass is 9.85. The molecule has 1 aromatic heterocycles. The minimum absolute atomic E-state index is 0.0535. The number of hydrogen-bond acceptors (Lipinski definition) is 4. The third kappa shape index (κ3) is 3.39. The Morgan fingerprint density at radius 3 is 3.04 bits per heavy atom. The van der Waals surface area contributed by atoms with Gasteiger partial charge in [-0.05, 0) is 43.0 Å². The Labute approximate surface area is 163 Å². The van der Waals surface area contributed by atoms with E-state index in [0.29, 0.717) is 32.2 Å². The fourth-order valence-corrected chi connectivity index (χ4v) is 4.65. The first-order valence-electron chi connectivity index (χ1n) is 10.1. The molecule has 1 N–H and O–H groups in total. The molecule has 3 aliphatic rings. The van der Waals surface area contributed by atoms with Gasteiger partial charge in [0.05, 0.1) is 19.1 Å². The van der Waals surface area contributed by atoms with E-state index in [9.17, 15) is 9.18 Å². The predicted octanol–water partition coefficient (Wildman–Crippen LogP) is 2.23. The molecule has 6 nitrogen and oxygen atoms in total. The highest BCUT2D eigenvalue weighted by molar-refractivity contribution is 5.80. The van der Waals surface area contributed by atoms with Crippen LogP contribution in [0, 0.1) is 23.6 Å². The van der Waals surface area contributed by atoms with Crippen molar-refractivity contribution in [2.24, 2.45) is 17.8 Å². The topological polar surface area (TPSA) is 59.4 Å². The molecule has 1 saturated heterocycles. The van der Waals surface area contributed by atoms with E-state index < -0.39 is 0 Å². The lowest BCUT2D eigenvalue weighted by molar-refractivity contribution is -0.126. The second kappa shape index (κ2) is 7.20. The number of carbonyl (C=O) groups excluding carboxylic acids is 1. The minimum Gasteiger partial charge on any atom is -0.493 e. The number of likely N-dealkylation sites (tertiary alicyclic amines) is 1. The first-order valence-corrected chi connectivity index (χ1v) is 10.1. The van der Waals surface area contributed by atoms with Crippen LogP contribution in [0.25, 0.3) is 0 Å². The van der Waals surface area contributed by atoms with Crippen LogP contribution in [0.4, 0.5) is 4.39 Å². The smallest absolute Gasteiger partial charge is 0.224 e. The van der Waals surface area contributed by atoms with Gasteiger partial charge < -0.3 is 10.1 Å². The van der Waals surface area contributed by atoms with Crippen molar-refractivity contribution in [1.29, 1.82) is 0 Å². The largest absolute Gasteiger partial charge is 0.493 e. The molecule has 3 atom stereocenters. The average molecular weight is 384 g/mol. The number of fused-ring (bicyclic) bond motifs is 3. The molecule has 1 amide bonds. The van der Waals surface area contributed by atoms with Crippen molar-refractivity contribution in [3.8, 4) is 5.75 Å². The summed E-state index contributed by atoms with van der Waals surface area (Å²) in [4.78, 5) is 15.3. The monoisotopic (exact) mass is 384 g/mol. The van der Waals surface area contributed by atoms with Crippen molar-refractivity contribution < 1.29 is 13.9 Å². The van der Waals surface area contributed by atoms with Gasteiger partial charge in [-0.25, -0.2) is 4.39 Å². The Bertz CT molecular complexity index is 852. The number of ether oxygens (including phenoxy) is 1. The second-order valence-electron chi connectivity index (χ2n) is 8.17. The van der Waals surface area contributed by atoms with Crippen LogP contribution < -0.4 is 10.1 Å². The van der Waals surface area contributed by atoms with E-state index in [-0.39, 0.29) is 29.6 Å². The molecule has 28 heavy (non-hydrogen) atoms. The maximum Gasteiger partial charge on any atom is 0.224 e. The van der Waals surface area contributed by atoms with Crippen LogP contribution in [-0.4, -0.2) is 46.8 Å². The van der Waals surface area contributed by atoms with Gasteiger partial charge in [-0.2, -0.15) is 5.10 Å². The summed E-state index contributed by atoms with van der Waals surface area (Å²) in [6.07, 6.45) is 6.12. The number of carbonyl (C=O) groups is 1. The van der Waals surface area contributed by atoms with Gasteiger partial charge in [0, 0.05) is 49.6 Å². The Kier molecular flexibility index (Phi) is 4.55. The van der Waals surface area contributed by atoms with Crippen molar-refractivity contribution in [2.45, 2.75) is 25.4 Å². The van der Waals surface area contributed by atoms with E-state index in [1.165, 1.54) is 18.9 Å². The average Bonchev–Trinajstić information content (AvgIpc) is 3.21. The summed E-state index contributed by atoms with van der Waals surface area (Å²) >= 11 is 0. The van der Waals surface area contributed by atoms with Crippen LogP contribution in [0.15, 0.2) is 36.7 Å². The number of halogens is 1. The Morgan fingerprint density at radius 1 is 1.36 bits per heavy atom. The van der Waals surface area contributed by atoms with Crippen LogP contribution in [-0.2, 0) is 11.3 Å². The molecule has 0 radical (unpaired) electrons. The van der Waals surface area contributed by atoms with E-state index in [1.807, 2.05) is 12.3 Å². The molecule has 5 rings (SSSR count). The Morgan fingerprint density at radius 2 is 2.25 bits per heavy atom. The van der Waals surface area contributed by atoms with Crippen molar-refractivity contribution in [2.75, 3.05) is 26.2 Å². The first-order chi connectivity index (χ1) is 13.7. The second-order valence-corrected chi connectivity index (χ2v) is 8.17. The summed E-state index contributed by atoms with van der Waals surface area (Å²) in [6.45, 7) is 3.38. The summed E-state index contributed by atoms with van der Waals surface area (Å²) in [5.74, 6) is 1.19. The van der Waals surface area contributed by atoms with Gasteiger partial charge in [0.1, 0.15) is 11.6 Å². The molecule has 7 heteroatoms. The SMILES string of the molecule is O=C(NCCn1cccn1)[C@@H]1CN(CC2CC2)[C@H]2c3cc(F)ccc3OC[C@@H]12. The third-order valence-corrected chi connectivity index (χ3v) is 6.19. The number of hydrogen-bond donors (Lipinski definition) is 1. The summed E-state index contributed by atoms with van der Waals surface area (Å²) in [6, 6.07) is 6.67. The van der Waals surface area contributed by atoms with E-state index >= 15 is 0 Å². The first kappa shape index (κ1) is 17.7. The molecule has 1 saturated carbocycles. The van der Waals surface area contributed by atoms with Crippen molar-refractivity contribution in [1.82, 2.24) is 20.0 Å². The van der Waals surface area contributed by atoms with Gasteiger partial charge in [0.25, 0.3) is 0 Å². The van der Waals surface area contributed by atoms with E-state index in [2.05, 4.69) is 15.3 Å². The molecule has 0 spiro atoms. The van der Waals surface area contributed by atoms with Crippen molar-refractivity contribution >= 4 is 5.91 Å². The van der Waals surface area contributed by atoms with Gasteiger partial charge in [-0.15, -0.1) is 0 Å². The standard InChI is InChI=1S/C21H25FN4O2/c22-15-4-5-19-16(10-15)20-18(13-28-19)17(12-25(20)11-14-2-3-14)21(27)23-7-9-26-8-1-6-24-26/h1,4-6,8,10,14,17-18,20H,2-3,7,9,11-13H2,(H,23,27)/t17-,18+,20+/m1/s1. The fourth-order valence-electron chi connectivity index (χ4n) is 4.65. The molecule has 2 fully saturated rings. The van der Waals surface area contributed by atoms with Gasteiger partial charge in [0.2, 0.25) is 5.91 Å². The number of aromatic nitrogens is 2. The summed E-state index contributed by atoms with van der Waals surface area (Å²) < 4.78 is 21.7. The third-order valence-electron chi connectivity index (χ3n) is 6.19. The van der Waals surface area contributed by atoms with E-state index in [0.717, 1.165) is 17.9 Å². The molecule has 1 aromatic carbocycles.